The lowest BCUT2D eigenvalue weighted by molar-refractivity contribution is 0.587. The fraction of sp³-hybridized carbons (Fsp3) is 0. The summed E-state index contributed by atoms with van der Waals surface area (Å²) in [7, 11) is 0. The zero-order valence-electron chi connectivity index (χ0n) is 12.7. The fourth-order valence-electron chi connectivity index (χ4n) is 2.07. The van der Waals surface area contributed by atoms with E-state index in [-0.39, 0.29) is 0 Å². The van der Waals surface area contributed by atoms with Crippen molar-refractivity contribution < 1.29 is 17.6 Å². The Hall–Kier alpha value is -3.22. The monoisotopic (exact) mass is 345 g/mol. The molecule has 3 nitrogen and oxygen atoms in total. The summed E-state index contributed by atoms with van der Waals surface area (Å²) in [6, 6.07) is 10.1. The van der Waals surface area contributed by atoms with E-state index in [0.29, 0.717) is 11.4 Å². The van der Waals surface area contributed by atoms with Crippen molar-refractivity contribution in [3.05, 3.63) is 83.2 Å². The van der Waals surface area contributed by atoms with Crippen molar-refractivity contribution in [1.82, 2.24) is 4.98 Å². The molecule has 0 aliphatic heterocycles. The van der Waals surface area contributed by atoms with Gasteiger partial charge < -0.3 is 4.98 Å². The highest BCUT2D eigenvalue weighted by molar-refractivity contribution is 5.85. The van der Waals surface area contributed by atoms with Crippen molar-refractivity contribution >= 4 is 23.8 Å². The molecule has 0 amide bonds. The summed E-state index contributed by atoms with van der Waals surface area (Å²) >= 11 is 0. The molecule has 0 unspecified atom stereocenters. The Kier molecular flexibility index (Phi) is 4.74. The average Bonchev–Trinajstić information content (AvgIpc) is 3.02. The maximum atomic E-state index is 13.5. The molecule has 0 radical (unpaired) electrons. The van der Waals surface area contributed by atoms with E-state index in [1.165, 1.54) is 24.6 Å². The Morgan fingerprint density at radius 2 is 0.960 bits per heavy atom. The first-order valence-electron chi connectivity index (χ1n) is 7.20. The second-order valence-electron chi connectivity index (χ2n) is 5.03. The van der Waals surface area contributed by atoms with E-state index in [1.807, 2.05) is 0 Å². The summed E-state index contributed by atoms with van der Waals surface area (Å²) in [4.78, 5) is 10.4. The van der Waals surface area contributed by atoms with E-state index in [4.69, 9.17) is 0 Å². The van der Waals surface area contributed by atoms with E-state index < -0.39 is 34.6 Å². The number of nitrogens with one attached hydrogen (secondary N) is 1. The van der Waals surface area contributed by atoms with E-state index >= 15 is 0 Å². The van der Waals surface area contributed by atoms with Crippen molar-refractivity contribution in [2.45, 2.75) is 0 Å². The second kappa shape index (κ2) is 7.12. The summed E-state index contributed by atoms with van der Waals surface area (Å²) in [5.41, 5.74) is 0.0812. The minimum absolute atomic E-state index is 0.402. The molecule has 1 aromatic heterocycles. The number of H-pyrrole nitrogens is 1. The molecule has 7 heteroatoms. The Bertz CT molecular complexity index is 844. The second-order valence-corrected chi connectivity index (χ2v) is 5.03. The minimum Gasteiger partial charge on any atom is -0.353 e. The summed E-state index contributed by atoms with van der Waals surface area (Å²) < 4.78 is 53.9. The zero-order valence-corrected chi connectivity index (χ0v) is 12.7. The highest BCUT2D eigenvalue weighted by atomic mass is 19.1. The Morgan fingerprint density at radius 1 is 0.600 bits per heavy atom. The molecule has 1 N–H and O–H groups in total. The Labute approximate surface area is 140 Å². The Balaban J connectivity index is 1.79. The van der Waals surface area contributed by atoms with E-state index in [9.17, 15) is 17.6 Å². The molecule has 0 aliphatic rings. The highest BCUT2D eigenvalue weighted by Crippen LogP contribution is 2.22. The van der Waals surface area contributed by atoms with Gasteiger partial charge in [-0.25, -0.2) is 27.5 Å². The number of hydrogen-bond acceptors (Lipinski definition) is 2. The molecule has 0 bridgehead atoms. The summed E-state index contributed by atoms with van der Waals surface area (Å²) in [6.07, 6.45) is 2.48. The van der Waals surface area contributed by atoms with Crippen LogP contribution in [0.25, 0.3) is 0 Å². The predicted octanol–water partition coefficient (Wildman–Crippen LogP) is 5.07. The van der Waals surface area contributed by atoms with Gasteiger partial charge in [-0.1, -0.05) is 12.1 Å². The van der Waals surface area contributed by atoms with Gasteiger partial charge in [0.1, 0.15) is 11.4 Å². The van der Waals surface area contributed by atoms with Crippen LogP contribution in [0.2, 0.25) is 0 Å². The molecule has 0 atom stereocenters. The van der Waals surface area contributed by atoms with Gasteiger partial charge >= 0.3 is 0 Å². The number of para-hydroxylation sites is 2. The van der Waals surface area contributed by atoms with Crippen LogP contribution in [0, 0.1) is 23.3 Å². The molecule has 0 fully saturated rings. The maximum absolute atomic E-state index is 13.5. The van der Waals surface area contributed by atoms with Crippen molar-refractivity contribution in [1.29, 1.82) is 0 Å². The molecule has 2 aromatic carbocycles. The van der Waals surface area contributed by atoms with Crippen LogP contribution in [0.5, 0.6) is 0 Å². The molecular weight excluding hydrogens is 334 g/mol. The molecule has 0 saturated carbocycles. The molecule has 0 spiro atoms. The number of hydrogen-bond donors (Lipinski definition) is 1. The summed E-state index contributed by atoms with van der Waals surface area (Å²) in [6.45, 7) is 0. The van der Waals surface area contributed by atoms with E-state index in [0.717, 1.165) is 24.3 Å². The largest absolute Gasteiger partial charge is 0.353 e. The fourth-order valence-corrected chi connectivity index (χ4v) is 2.07. The van der Waals surface area contributed by atoms with Crippen LogP contribution in [0.15, 0.2) is 58.5 Å². The molecule has 1 heterocycles. The smallest absolute Gasteiger partial charge is 0.151 e. The minimum atomic E-state index is -0.778. The van der Waals surface area contributed by atoms with Crippen molar-refractivity contribution in [3.8, 4) is 0 Å². The molecule has 0 saturated heterocycles. The van der Waals surface area contributed by atoms with Crippen molar-refractivity contribution in [2.24, 2.45) is 9.98 Å². The lowest BCUT2D eigenvalue weighted by atomic mass is 10.3. The third-order valence-corrected chi connectivity index (χ3v) is 3.27. The number of aromatic amines is 1. The van der Waals surface area contributed by atoms with E-state index in [1.54, 1.807) is 12.1 Å². The maximum Gasteiger partial charge on any atom is 0.151 e. The number of nitrogens with zero attached hydrogens (tertiary/aromatic N) is 2. The quantitative estimate of drug-likeness (QED) is 0.506. The van der Waals surface area contributed by atoms with Gasteiger partial charge in [-0.15, -0.1) is 0 Å². The van der Waals surface area contributed by atoms with Gasteiger partial charge in [-0.05, 0) is 36.4 Å². The molecule has 25 heavy (non-hydrogen) atoms. The highest BCUT2D eigenvalue weighted by Gasteiger charge is 2.07. The van der Waals surface area contributed by atoms with E-state index in [2.05, 4.69) is 15.0 Å². The molecule has 3 aromatic rings. The lowest BCUT2D eigenvalue weighted by Crippen LogP contribution is -1.87. The number of aromatic nitrogens is 1. The number of rotatable bonds is 4. The van der Waals surface area contributed by atoms with Gasteiger partial charge in [0, 0.05) is 0 Å². The van der Waals surface area contributed by atoms with Gasteiger partial charge in [0.25, 0.3) is 0 Å². The van der Waals surface area contributed by atoms with Crippen LogP contribution in [-0.2, 0) is 0 Å². The van der Waals surface area contributed by atoms with Crippen LogP contribution in [0.4, 0.5) is 28.9 Å². The number of benzene rings is 2. The molecular formula is C18H11F4N3. The van der Waals surface area contributed by atoms with Crippen LogP contribution in [-0.4, -0.2) is 17.4 Å². The first-order chi connectivity index (χ1) is 12.0. The van der Waals surface area contributed by atoms with Crippen LogP contribution in [0.3, 0.4) is 0 Å². The zero-order chi connectivity index (χ0) is 17.8. The van der Waals surface area contributed by atoms with Crippen molar-refractivity contribution in [3.63, 3.8) is 0 Å². The summed E-state index contributed by atoms with van der Waals surface area (Å²) in [5.74, 6) is -3.11. The van der Waals surface area contributed by atoms with Gasteiger partial charge in [0.15, 0.2) is 23.3 Å². The predicted molar refractivity (Wildman–Crippen MR) is 88.0 cm³/mol. The number of halogens is 4. The first-order valence-corrected chi connectivity index (χ1v) is 7.20. The van der Waals surface area contributed by atoms with Gasteiger partial charge in [-0.3, -0.25) is 0 Å². The molecule has 126 valence electrons. The van der Waals surface area contributed by atoms with Crippen LogP contribution < -0.4 is 0 Å². The molecule has 0 aliphatic carbocycles. The first kappa shape index (κ1) is 16.6. The SMILES string of the molecule is Fc1cccc(F)c1N=Cc1ccc(C=Nc2c(F)cccc2F)[nH]1. The molecule has 3 rings (SSSR count). The summed E-state index contributed by atoms with van der Waals surface area (Å²) in [5, 5.41) is 0. The van der Waals surface area contributed by atoms with Gasteiger partial charge in [-0.2, -0.15) is 0 Å². The van der Waals surface area contributed by atoms with Gasteiger partial charge in [0.2, 0.25) is 0 Å². The van der Waals surface area contributed by atoms with Crippen LogP contribution >= 0.6 is 0 Å². The Morgan fingerprint density at radius 3 is 1.32 bits per heavy atom. The van der Waals surface area contributed by atoms with Gasteiger partial charge in [0.05, 0.1) is 23.8 Å². The van der Waals surface area contributed by atoms with Crippen LogP contribution in [0.1, 0.15) is 11.4 Å². The topological polar surface area (TPSA) is 40.5 Å². The average molecular weight is 345 g/mol. The van der Waals surface area contributed by atoms with Crippen molar-refractivity contribution in [2.75, 3.05) is 0 Å². The lowest BCUT2D eigenvalue weighted by Gasteiger charge is -1.97. The third kappa shape index (κ3) is 3.82. The normalized spacial score (nSPS) is 11.7. The number of aliphatic imine (C=N–C) groups is 2. The standard InChI is InChI=1S/C18H11F4N3/c19-13-3-1-4-14(20)17(13)23-9-11-7-8-12(25-11)10-24-18-15(21)5-2-6-16(18)22/h1-10,25H. The third-order valence-electron chi connectivity index (χ3n) is 3.27.